The highest BCUT2D eigenvalue weighted by atomic mass is 16.2. The van der Waals surface area contributed by atoms with E-state index in [4.69, 9.17) is 0 Å². The van der Waals surface area contributed by atoms with E-state index in [2.05, 4.69) is 6.92 Å². The maximum absolute atomic E-state index is 11.9. The minimum absolute atomic E-state index is 0.421. The van der Waals surface area contributed by atoms with Crippen molar-refractivity contribution in [2.45, 2.75) is 58.0 Å². The monoisotopic (exact) mass is 318 g/mol. The van der Waals surface area contributed by atoms with E-state index in [0.717, 1.165) is 41.9 Å². The quantitative estimate of drug-likeness (QED) is 0.481. The number of hydrogen-bond acceptors (Lipinski definition) is 4. The van der Waals surface area contributed by atoms with Gasteiger partial charge in [-0.25, -0.2) is 0 Å². The van der Waals surface area contributed by atoms with Crippen molar-refractivity contribution in [1.82, 2.24) is 9.80 Å². The van der Waals surface area contributed by atoms with Gasteiger partial charge in [0, 0.05) is 24.3 Å². The van der Waals surface area contributed by atoms with E-state index in [-0.39, 0.29) is 0 Å². The minimum Gasteiger partial charge on any atom is -0.269 e. The Morgan fingerprint density at radius 2 is 1.09 bits per heavy atom. The number of amides is 4. The lowest BCUT2D eigenvalue weighted by molar-refractivity contribution is -0.152. The largest absolute Gasteiger partial charge is 0.269 e. The third kappa shape index (κ3) is 3.94. The molecule has 0 aliphatic carbocycles. The average molecular weight is 318 g/mol. The molecular weight excluding hydrogens is 296 g/mol. The predicted molar refractivity (Wildman–Crippen MR) is 83.8 cm³/mol. The first-order valence-corrected chi connectivity index (χ1v) is 8.16. The average Bonchev–Trinajstić information content (AvgIpc) is 3.03. The molecule has 6 nitrogen and oxygen atoms in total. The topological polar surface area (TPSA) is 74.8 Å². The SMILES string of the molecule is CCCCCCCCC(N1C(=O)C=CC1=O)N1C(=O)C=CC1=O. The van der Waals surface area contributed by atoms with Crippen LogP contribution in [0.25, 0.3) is 0 Å². The first-order chi connectivity index (χ1) is 11.1. The summed E-state index contributed by atoms with van der Waals surface area (Å²) in [6.45, 7) is 2.14. The molecule has 4 amide bonds. The number of carbonyl (C=O) groups is 4. The molecule has 6 heteroatoms. The molecule has 0 saturated carbocycles. The molecule has 2 aliphatic rings. The fraction of sp³-hybridized carbons (Fsp3) is 0.529. The molecule has 0 atom stereocenters. The van der Waals surface area contributed by atoms with Crippen molar-refractivity contribution in [3.05, 3.63) is 24.3 Å². The summed E-state index contributed by atoms with van der Waals surface area (Å²) in [6, 6.07) is 0. The highest BCUT2D eigenvalue weighted by molar-refractivity contribution is 6.16. The fourth-order valence-corrected chi connectivity index (χ4v) is 2.89. The van der Waals surface area contributed by atoms with Gasteiger partial charge < -0.3 is 0 Å². The first kappa shape index (κ1) is 17.1. The van der Waals surface area contributed by atoms with Gasteiger partial charge in [-0.15, -0.1) is 0 Å². The third-order valence-corrected chi connectivity index (χ3v) is 4.10. The number of carbonyl (C=O) groups excluding carboxylic acids is 4. The Labute approximate surface area is 135 Å². The van der Waals surface area contributed by atoms with Crippen LogP contribution in [0, 0.1) is 0 Å². The van der Waals surface area contributed by atoms with Crippen molar-refractivity contribution >= 4 is 23.6 Å². The van der Waals surface area contributed by atoms with Gasteiger partial charge in [0.15, 0.2) is 0 Å². The Morgan fingerprint density at radius 1 is 0.696 bits per heavy atom. The lowest BCUT2D eigenvalue weighted by Crippen LogP contribution is -2.53. The van der Waals surface area contributed by atoms with Crippen LogP contribution in [0.3, 0.4) is 0 Å². The van der Waals surface area contributed by atoms with Crippen LogP contribution in [0.2, 0.25) is 0 Å². The number of hydrogen-bond donors (Lipinski definition) is 0. The molecule has 124 valence electrons. The van der Waals surface area contributed by atoms with E-state index in [0.29, 0.717) is 6.42 Å². The third-order valence-electron chi connectivity index (χ3n) is 4.10. The zero-order valence-electron chi connectivity index (χ0n) is 13.4. The van der Waals surface area contributed by atoms with Crippen molar-refractivity contribution in [2.75, 3.05) is 0 Å². The number of unbranched alkanes of at least 4 members (excludes halogenated alkanes) is 5. The highest BCUT2D eigenvalue weighted by Gasteiger charge is 2.40. The first-order valence-electron chi connectivity index (χ1n) is 8.16. The van der Waals surface area contributed by atoms with E-state index in [9.17, 15) is 19.2 Å². The van der Waals surface area contributed by atoms with Gasteiger partial charge in [0.05, 0.1) is 0 Å². The van der Waals surface area contributed by atoms with Gasteiger partial charge in [-0.1, -0.05) is 39.0 Å². The maximum atomic E-state index is 11.9. The molecule has 2 heterocycles. The van der Waals surface area contributed by atoms with Gasteiger partial charge in [0.25, 0.3) is 23.6 Å². The summed E-state index contributed by atoms with van der Waals surface area (Å²) in [5.74, 6) is -1.89. The molecule has 0 fully saturated rings. The molecule has 0 bridgehead atoms. The van der Waals surface area contributed by atoms with E-state index in [1.165, 1.54) is 30.7 Å². The van der Waals surface area contributed by atoms with Crippen molar-refractivity contribution in [2.24, 2.45) is 0 Å². The van der Waals surface area contributed by atoms with Crippen LogP contribution in [0.1, 0.15) is 51.9 Å². The fourth-order valence-electron chi connectivity index (χ4n) is 2.89. The summed E-state index contributed by atoms with van der Waals surface area (Å²) in [4.78, 5) is 49.7. The Balaban J connectivity index is 2.01. The van der Waals surface area contributed by atoms with Gasteiger partial charge >= 0.3 is 0 Å². The zero-order chi connectivity index (χ0) is 16.8. The minimum atomic E-state index is -0.828. The van der Waals surface area contributed by atoms with E-state index >= 15 is 0 Å². The summed E-state index contributed by atoms with van der Waals surface area (Å²) >= 11 is 0. The van der Waals surface area contributed by atoms with Crippen LogP contribution < -0.4 is 0 Å². The molecule has 0 saturated heterocycles. The molecule has 0 aromatic heterocycles. The molecule has 0 aromatic carbocycles. The summed E-state index contributed by atoms with van der Waals surface area (Å²) in [6.07, 6.45) is 10.6. The van der Waals surface area contributed by atoms with Crippen LogP contribution in [-0.4, -0.2) is 39.6 Å². The molecule has 23 heavy (non-hydrogen) atoms. The van der Waals surface area contributed by atoms with E-state index in [1.807, 2.05) is 0 Å². The molecule has 0 spiro atoms. The van der Waals surface area contributed by atoms with Crippen LogP contribution in [0.5, 0.6) is 0 Å². The molecule has 0 radical (unpaired) electrons. The maximum Gasteiger partial charge on any atom is 0.255 e. The summed E-state index contributed by atoms with van der Waals surface area (Å²) in [5, 5.41) is 0. The van der Waals surface area contributed by atoms with Crippen molar-refractivity contribution in [1.29, 1.82) is 0 Å². The molecular formula is C17H22N2O4. The molecule has 2 rings (SSSR count). The zero-order valence-corrected chi connectivity index (χ0v) is 13.4. The normalized spacial score (nSPS) is 17.5. The van der Waals surface area contributed by atoms with E-state index < -0.39 is 29.8 Å². The number of nitrogens with zero attached hydrogens (tertiary/aromatic N) is 2. The number of rotatable bonds is 9. The lowest BCUT2D eigenvalue weighted by Gasteiger charge is -2.32. The Morgan fingerprint density at radius 3 is 1.52 bits per heavy atom. The van der Waals surface area contributed by atoms with Gasteiger partial charge in [-0.3, -0.25) is 29.0 Å². The second-order valence-electron chi connectivity index (χ2n) is 5.80. The highest BCUT2D eigenvalue weighted by Crippen LogP contribution is 2.22. The van der Waals surface area contributed by atoms with Crippen LogP contribution in [0.4, 0.5) is 0 Å². The Kier molecular flexibility index (Phi) is 5.84. The van der Waals surface area contributed by atoms with Crippen molar-refractivity contribution < 1.29 is 19.2 Å². The standard InChI is InChI=1S/C17H22N2O4/c1-2-3-4-5-6-7-8-13(18-14(20)9-10-15(18)21)19-16(22)11-12-17(19)23/h9-13H,2-8H2,1H3. The van der Waals surface area contributed by atoms with Crippen LogP contribution in [0.15, 0.2) is 24.3 Å². The van der Waals surface area contributed by atoms with Gasteiger partial charge in [-0.2, -0.15) is 0 Å². The molecule has 2 aliphatic heterocycles. The second-order valence-corrected chi connectivity index (χ2v) is 5.80. The van der Waals surface area contributed by atoms with Gasteiger partial charge in [0.2, 0.25) is 0 Å². The Hall–Kier alpha value is -2.24. The smallest absolute Gasteiger partial charge is 0.255 e. The molecule has 0 aromatic rings. The van der Waals surface area contributed by atoms with E-state index in [1.54, 1.807) is 0 Å². The summed E-state index contributed by atoms with van der Waals surface area (Å²) < 4.78 is 0. The molecule has 0 unspecified atom stereocenters. The summed E-state index contributed by atoms with van der Waals surface area (Å²) in [7, 11) is 0. The Bertz CT molecular complexity index is 487. The van der Waals surface area contributed by atoms with Gasteiger partial charge in [-0.05, 0) is 12.8 Å². The van der Waals surface area contributed by atoms with Crippen molar-refractivity contribution in [3.8, 4) is 0 Å². The number of imide groups is 2. The second kappa shape index (κ2) is 7.85. The van der Waals surface area contributed by atoms with Crippen LogP contribution >= 0.6 is 0 Å². The van der Waals surface area contributed by atoms with Crippen molar-refractivity contribution in [3.63, 3.8) is 0 Å². The predicted octanol–water partition coefficient (Wildman–Crippen LogP) is 1.91. The molecule has 0 N–H and O–H groups in total. The lowest BCUT2D eigenvalue weighted by atomic mass is 10.1. The van der Waals surface area contributed by atoms with Crippen LogP contribution in [-0.2, 0) is 19.2 Å². The van der Waals surface area contributed by atoms with Gasteiger partial charge in [0.1, 0.15) is 6.17 Å². The summed E-state index contributed by atoms with van der Waals surface area (Å²) in [5.41, 5.74) is 0.